The van der Waals surface area contributed by atoms with E-state index >= 15 is 0 Å². The van der Waals surface area contributed by atoms with E-state index in [1.165, 1.54) is 0 Å². The Bertz CT molecular complexity index is 952. The van der Waals surface area contributed by atoms with E-state index in [9.17, 15) is 4.79 Å². The van der Waals surface area contributed by atoms with Crippen LogP contribution in [0, 0.1) is 20.8 Å². The summed E-state index contributed by atoms with van der Waals surface area (Å²) in [5.74, 6) is 0.244. The van der Waals surface area contributed by atoms with Gasteiger partial charge in [-0.25, -0.2) is 9.97 Å². The van der Waals surface area contributed by atoms with Crippen molar-refractivity contribution in [1.82, 2.24) is 9.97 Å². The first-order chi connectivity index (χ1) is 12.4. The van der Waals surface area contributed by atoms with Gasteiger partial charge < -0.3 is 10.6 Å². The minimum Gasteiger partial charge on any atom is -0.323 e. The standard InChI is InChI=1S/C20H19ClN4O/c1-12-10-15(21)8-9-17(12)24-19(26)16-6-4-5-7-18(16)25-20-22-13(2)11-14(3)23-20/h4-11H,1-3H3,(H,24,26)(H,22,23,25). The number of carbonyl (C=O) groups excluding carboxylic acids is 1. The fraction of sp³-hybridized carbons (Fsp3) is 0.150. The Hall–Kier alpha value is -2.92. The van der Waals surface area contributed by atoms with Crippen molar-refractivity contribution in [3.05, 3.63) is 76.1 Å². The average Bonchev–Trinajstić information content (AvgIpc) is 2.57. The molecule has 0 saturated carbocycles. The minimum atomic E-state index is -0.220. The zero-order valence-corrected chi connectivity index (χ0v) is 15.6. The van der Waals surface area contributed by atoms with E-state index in [1.54, 1.807) is 18.2 Å². The summed E-state index contributed by atoms with van der Waals surface area (Å²) in [5.41, 5.74) is 4.48. The molecule has 0 radical (unpaired) electrons. The van der Waals surface area contributed by atoms with E-state index in [2.05, 4.69) is 20.6 Å². The van der Waals surface area contributed by atoms with Crippen LogP contribution < -0.4 is 10.6 Å². The summed E-state index contributed by atoms with van der Waals surface area (Å²) in [4.78, 5) is 21.5. The van der Waals surface area contributed by atoms with Crippen molar-refractivity contribution < 1.29 is 4.79 Å². The predicted molar refractivity (Wildman–Crippen MR) is 105 cm³/mol. The van der Waals surface area contributed by atoms with Crippen LogP contribution in [0.5, 0.6) is 0 Å². The Morgan fingerprint density at radius 2 is 1.62 bits per heavy atom. The highest BCUT2D eigenvalue weighted by molar-refractivity contribution is 6.30. The second kappa shape index (κ2) is 7.54. The number of aromatic nitrogens is 2. The second-order valence-corrected chi connectivity index (χ2v) is 6.49. The summed E-state index contributed by atoms with van der Waals surface area (Å²) in [5, 5.41) is 6.70. The van der Waals surface area contributed by atoms with Crippen LogP contribution >= 0.6 is 11.6 Å². The third kappa shape index (κ3) is 4.18. The zero-order valence-electron chi connectivity index (χ0n) is 14.8. The van der Waals surface area contributed by atoms with Crippen LogP contribution in [-0.4, -0.2) is 15.9 Å². The summed E-state index contributed by atoms with van der Waals surface area (Å²) in [6.07, 6.45) is 0. The molecule has 0 bridgehead atoms. The van der Waals surface area contributed by atoms with Gasteiger partial charge in [0.25, 0.3) is 5.91 Å². The van der Waals surface area contributed by atoms with Gasteiger partial charge in [0.15, 0.2) is 0 Å². The molecular weight excluding hydrogens is 348 g/mol. The Labute approximate surface area is 157 Å². The van der Waals surface area contributed by atoms with Crippen LogP contribution in [0.1, 0.15) is 27.3 Å². The minimum absolute atomic E-state index is 0.220. The van der Waals surface area contributed by atoms with Gasteiger partial charge in [-0.1, -0.05) is 23.7 Å². The van der Waals surface area contributed by atoms with E-state index in [4.69, 9.17) is 11.6 Å². The van der Waals surface area contributed by atoms with Gasteiger partial charge in [-0.15, -0.1) is 0 Å². The molecule has 0 aliphatic rings. The number of rotatable bonds is 4. The summed E-state index contributed by atoms with van der Waals surface area (Å²) in [6.45, 7) is 5.71. The molecule has 132 valence electrons. The van der Waals surface area contributed by atoms with Crippen molar-refractivity contribution in [1.29, 1.82) is 0 Å². The van der Waals surface area contributed by atoms with Crippen LogP contribution in [-0.2, 0) is 0 Å². The molecule has 0 aliphatic heterocycles. The Balaban J connectivity index is 1.87. The van der Waals surface area contributed by atoms with Gasteiger partial charge in [-0.2, -0.15) is 0 Å². The summed E-state index contributed by atoms with van der Waals surface area (Å²) < 4.78 is 0. The molecule has 1 heterocycles. The fourth-order valence-corrected chi connectivity index (χ4v) is 2.88. The highest BCUT2D eigenvalue weighted by atomic mass is 35.5. The lowest BCUT2D eigenvalue weighted by Crippen LogP contribution is -2.15. The maximum Gasteiger partial charge on any atom is 0.257 e. The lowest BCUT2D eigenvalue weighted by molar-refractivity contribution is 0.102. The Morgan fingerprint density at radius 3 is 2.31 bits per heavy atom. The quantitative estimate of drug-likeness (QED) is 0.678. The summed E-state index contributed by atoms with van der Waals surface area (Å²) in [6, 6.07) is 14.5. The van der Waals surface area contributed by atoms with E-state index < -0.39 is 0 Å². The number of hydrogen-bond acceptors (Lipinski definition) is 4. The van der Waals surface area contributed by atoms with E-state index in [1.807, 2.05) is 51.1 Å². The van der Waals surface area contributed by atoms with E-state index in [0.29, 0.717) is 22.2 Å². The fourth-order valence-electron chi connectivity index (χ4n) is 2.65. The lowest BCUT2D eigenvalue weighted by Gasteiger charge is -2.13. The molecule has 0 atom stereocenters. The molecular formula is C20H19ClN4O. The molecule has 0 spiro atoms. The van der Waals surface area contributed by atoms with Gasteiger partial charge in [0.1, 0.15) is 0 Å². The molecule has 1 amide bonds. The number of nitrogens with one attached hydrogen (secondary N) is 2. The topological polar surface area (TPSA) is 66.9 Å². The van der Waals surface area contributed by atoms with Gasteiger partial charge in [0.05, 0.1) is 11.3 Å². The monoisotopic (exact) mass is 366 g/mol. The molecule has 3 rings (SSSR count). The zero-order chi connectivity index (χ0) is 18.7. The SMILES string of the molecule is Cc1cc(C)nc(Nc2ccccc2C(=O)Nc2ccc(Cl)cc2C)n1. The molecule has 2 N–H and O–H groups in total. The maximum absolute atomic E-state index is 12.8. The molecule has 26 heavy (non-hydrogen) atoms. The largest absolute Gasteiger partial charge is 0.323 e. The van der Waals surface area contributed by atoms with Crippen molar-refractivity contribution >= 4 is 34.8 Å². The normalized spacial score (nSPS) is 10.5. The summed E-state index contributed by atoms with van der Waals surface area (Å²) >= 11 is 5.97. The number of benzene rings is 2. The van der Waals surface area contributed by atoms with Gasteiger partial charge in [-0.05, 0) is 62.7 Å². The highest BCUT2D eigenvalue weighted by Crippen LogP contribution is 2.23. The van der Waals surface area contributed by atoms with Gasteiger partial charge >= 0.3 is 0 Å². The number of carbonyl (C=O) groups is 1. The number of para-hydroxylation sites is 1. The molecule has 0 fully saturated rings. The predicted octanol–water partition coefficient (Wildman–Crippen LogP) is 5.05. The van der Waals surface area contributed by atoms with Crippen LogP contribution in [0.2, 0.25) is 5.02 Å². The van der Waals surface area contributed by atoms with Crippen LogP contribution in [0.25, 0.3) is 0 Å². The Morgan fingerprint density at radius 1 is 0.923 bits per heavy atom. The van der Waals surface area contributed by atoms with Crippen LogP contribution in [0.4, 0.5) is 17.3 Å². The number of anilines is 3. The first-order valence-electron chi connectivity index (χ1n) is 8.18. The molecule has 2 aromatic carbocycles. The lowest BCUT2D eigenvalue weighted by atomic mass is 10.1. The van der Waals surface area contributed by atoms with Crippen molar-refractivity contribution in [2.45, 2.75) is 20.8 Å². The molecule has 0 aliphatic carbocycles. The third-order valence-electron chi connectivity index (χ3n) is 3.84. The smallest absolute Gasteiger partial charge is 0.257 e. The van der Waals surface area contributed by atoms with Crippen molar-refractivity contribution in [3.63, 3.8) is 0 Å². The number of halogens is 1. The second-order valence-electron chi connectivity index (χ2n) is 6.06. The average molecular weight is 367 g/mol. The number of amides is 1. The van der Waals surface area contributed by atoms with Crippen LogP contribution in [0.15, 0.2) is 48.5 Å². The van der Waals surface area contributed by atoms with Gasteiger partial charge in [-0.3, -0.25) is 4.79 Å². The van der Waals surface area contributed by atoms with Crippen molar-refractivity contribution in [3.8, 4) is 0 Å². The van der Waals surface area contributed by atoms with Crippen LogP contribution in [0.3, 0.4) is 0 Å². The molecule has 0 unspecified atom stereocenters. The van der Waals surface area contributed by atoms with Crippen molar-refractivity contribution in [2.24, 2.45) is 0 Å². The summed E-state index contributed by atoms with van der Waals surface area (Å²) in [7, 11) is 0. The number of nitrogens with zero attached hydrogens (tertiary/aromatic N) is 2. The first kappa shape index (κ1) is 17.9. The Kier molecular flexibility index (Phi) is 5.19. The molecule has 1 aromatic heterocycles. The molecule has 3 aromatic rings. The number of hydrogen-bond donors (Lipinski definition) is 2. The third-order valence-corrected chi connectivity index (χ3v) is 4.07. The van der Waals surface area contributed by atoms with Gasteiger partial charge in [0.2, 0.25) is 5.95 Å². The maximum atomic E-state index is 12.8. The first-order valence-corrected chi connectivity index (χ1v) is 8.56. The molecule has 5 nitrogen and oxygen atoms in total. The highest BCUT2D eigenvalue weighted by Gasteiger charge is 2.13. The van der Waals surface area contributed by atoms with E-state index in [-0.39, 0.29) is 5.91 Å². The number of aryl methyl sites for hydroxylation is 3. The molecule has 0 saturated heterocycles. The van der Waals surface area contributed by atoms with Gasteiger partial charge in [0, 0.05) is 22.1 Å². The molecule has 6 heteroatoms. The van der Waals surface area contributed by atoms with Crippen molar-refractivity contribution in [2.75, 3.05) is 10.6 Å². The van der Waals surface area contributed by atoms with E-state index in [0.717, 1.165) is 22.6 Å².